The molecule has 0 radical (unpaired) electrons. The van der Waals surface area contributed by atoms with Gasteiger partial charge >= 0.3 is 12.1 Å². The summed E-state index contributed by atoms with van der Waals surface area (Å²) in [6, 6.07) is -1.77. The van der Waals surface area contributed by atoms with E-state index in [9.17, 15) is 19.5 Å². The smallest absolute Gasteiger partial charge is 0.408 e. The third kappa shape index (κ3) is 2.84. The molecule has 1 saturated carbocycles. The Bertz CT molecular complexity index is 656. The zero-order valence-electron chi connectivity index (χ0n) is 16.3. The number of aliphatic carboxylic acids is 1. The van der Waals surface area contributed by atoms with Crippen molar-refractivity contribution in [3.63, 3.8) is 0 Å². The molecule has 3 N–H and O–H groups in total. The first-order chi connectivity index (χ1) is 11.8. The number of nitrogens with zero attached hydrogens (tertiary/aromatic N) is 1. The van der Waals surface area contributed by atoms with Gasteiger partial charge in [-0.05, 0) is 59.3 Å². The van der Waals surface area contributed by atoms with Gasteiger partial charge in [-0.3, -0.25) is 10.1 Å². The molecule has 26 heavy (non-hydrogen) atoms. The maximum absolute atomic E-state index is 13.3. The lowest BCUT2D eigenvalue weighted by Gasteiger charge is -2.55. The molecule has 0 aromatic heterocycles. The maximum atomic E-state index is 13.3. The molecule has 0 aromatic carbocycles. The van der Waals surface area contributed by atoms with E-state index in [1.165, 1.54) is 4.90 Å². The van der Waals surface area contributed by atoms with E-state index in [1.54, 1.807) is 20.8 Å². The first-order valence-electron chi connectivity index (χ1n) is 9.12. The summed E-state index contributed by atoms with van der Waals surface area (Å²) in [5.41, 5.74) is -2.07. The van der Waals surface area contributed by atoms with Crippen LogP contribution in [0.4, 0.5) is 4.79 Å². The Morgan fingerprint density at radius 3 is 2.46 bits per heavy atom. The van der Waals surface area contributed by atoms with E-state index in [0.29, 0.717) is 6.42 Å². The van der Waals surface area contributed by atoms with Crippen LogP contribution in [0.5, 0.6) is 0 Å². The molecular formula is C18H29N3O5. The molecule has 3 aliphatic rings. The lowest BCUT2D eigenvalue weighted by molar-refractivity contribution is -0.167. The van der Waals surface area contributed by atoms with Crippen molar-refractivity contribution in [3.05, 3.63) is 0 Å². The predicted octanol–water partition coefficient (Wildman–Crippen LogP) is 1.30. The number of amides is 2. The normalized spacial score (nSPS) is 38.1. The summed E-state index contributed by atoms with van der Waals surface area (Å²) in [4.78, 5) is 38.9. The highest BCUT2D eigenvalue weighted by Crippen LogP contribution is 2.54. The van der Waals surface area contributed by atoms with Crippen molar-refractivity contribution in [1.82, 2.24) is 15.5 Å². The Morgan fingerprint density at radius 2 is 1.92 bits per heavy atom. The van der Waals surface area contributed by atoms with E-state index in [-0.39, 0.29) is 17.7 Å². The molecular weight excluding hydrogens is 338 g/mol. The van der Waals surface area contributed by atoms with Gasteiger partial charge in [-0.25, -0.2) is 9.59 Å². The minimum atomic E-state index is -0.991. The van der Waals surface area contributed by atoms with Gasteiger partial charge in [0.25, 0.3) is 0 Å². The Morgan fingerprint density at radius 1 is 1.31 bits per heavy atom. The van der Waals surface area contributed by atoms with E-state index < -0.39 is 40.9 Å². The number of carboxylic acids is 1. The second-order valence-corrected chi connectivity index (χ2v) is 9.50. The third-order valence-corrected chi connectivity index (χ3v) is 5.78. The van der Waals surface area contributed by atoms with Crippen LogP contribution in [0.25, 0.3) is 0 Å². The number of hydrogen-bond donors (Lipinski definition) is 3. The Labute approximate surface area is 153 Å². The van der Waals surface area contributed by atoms with Crippen LogP contribution in [0.15, 0.2) is 0 Å². The van der Waals surface area contributed by atoms with Crippen molar-refractivity contribution in [2.24, 2.45) is 11.8 Å². The summed E-state index contributed by atoms with van der Waals surface area (Å²) in [5, 5.41) is 15.9. The van der Waals surface area contributed by atoms with Gasteiger partial charge in [0.15, 0.2) is 0 Å². The van der Waals surface area contributed by atoms with Gasteiger partial charge < -0.3 is 20.1 Å². The number of fused-ring (bicyclic) bond motifs is 1. The number of nitrogens with one attached hydrogen (secondary N) is 2. The van der Waals surface area contributed by atoms with E-state index >= 15 is 0 Å². The summed E-state index contributed by atoms with van der Waals surface area (Å²) in [5.74, 6) is -1.21. The van der Waals surface area contributed by atoms with Crippen molar-refractivity contribution >= 4 is 18.0 Å². The molecule has 2 heterocycles. The molecule has 8 heteroatoms. The van der Waals surface area contributed by atoms with Crippen LogP contribution in [0.1, 0.15) is 54.4 Å². The quantitative estimate of drug-likeness (QED) is 0.679. The first kappa shape index (κ1) is 18.9. The van der Waals surface area contributed by atoms with Crippen LogP contribution in [0.2, 0.25) is 0 Å². The molecule has 1 aliphatic carbocycles. The molecule has 2 amide bonds. The van der Waals surface area contributed by atoms with Gasteiger partial charge in [0, 0.05) is 5.54 Å². The van der Waals surface area contributed by atoms with Gasteiger partial charge in [-0.2, -0.15) is 0 Å². The molecule has 3 fully saturated rings. The highest BCUT2D eigenvalue weighted by atomic mass is 16.6. The van der Waals surface area contributed by atoms with Gasteiger partial charge in [-0.1, -0.05) is 6.92 Å². The number of piperidine rings is 1. The van der Waals surface area contributed by atoms with Crippen LogP contribution >= 0.6 is 0 Å². The molecule has 1 unspecified atom stereocenters. The Hall–Kier alpha value is -1.83. The zero-order chi connectivity index (χ0) is 19.7. The molecule has 2 saturated heterocycles. The number of hydrogen-bond acceptors (Lipinski definition) is 5. The second kappa shape index (κ2) is 5.58. The monoisotopic (exact) mass is 367 g/mol. The minimum Gasteiger partial charge on any atom is -0.480 e. The van der Waals surface area contributed by atoms with Crippen molar-refractivity contribution in [3.8, 4) is 0 Å². The third-order valence-electron chi connectivity index (χ3n) is 5.78. The molecule has 1 spiro atoms. The SMILES string of the molecule is CC1C[C@]23C[C@H]1[C@@H](C(=O)O)N2C(=O)[C@@H](NC(=O)OC(C)(C)C)C(C)(C)N3. The van der Waals surface area contributed by atoms with E-state index in [4.69, 9.17) is 4.74 Å². The van der Waals surface area contributed by atoms with Gasteiger partial charge in [0.05, 0.1) is 5.66 Å². The van der Waals surface area contributed by atoms with Crippen molar-refractivity contribution < 1.29 is 24.2 Å². The largest absolute Gasteiger partial charge is 0.480 e. The average molecular weight is 367 g/mol. The molecule has 146 valence electrons. The van der Waals surface area contributed by atoms with Crippen molar-refractivity contribution in [2.45, 2.75) is 83.3 Å². The summed E-state index contributed by atoms with van der Waals surface area (Å²) < 4.78 is 5.28. The summed E-state index contributed by atoms with van der Waals surface area (Å²) in [6.45, 7) is 11.0. The van der Waals surface area contributed by atoms with Gasteiger partial charge in [0.1, 0.15) is 17.7 Å². The number of alkyl carbamates (subject to hydrolysis) is 1. The number of ether oxygens (including phenoxy) is 1. The summed E-state index contributed by atoms with van der Waals surface area (Å²) in [7, 11) is 0. The molecule has 2 aliphatic heterocycles. The molecule has 0 aromatic rings. The highest BCUT2D eigenvalue weighted by Gasteiger charge is 2.68. The topological polar surface area (TPSA) is 108 Å². The molecule has 5 atom stereocenters. The maximum Gasteiger partial charge on any atom is 0.408 e. The highest BCUT2D eigenvalue weighted by molar-refractivity contribution is 5.93. The molecule has 2 bridgehead atoms. The second-order valence-electron chi connectivity index (χ2n) is 9.50. The van der Waals surface area contributed by atoms with Crippen LogP contribution < -0.4 is 10.6 Å². The van der Waals surface area contributed by atoms with E-state index in [0.717, 1.165) is 6.42 Å². The lowest BCUT2D eigenvalue weighted by atomic mass is 9.82. The zero-order valence-corrected chi connectivity index (χ0v) is 16.3. The van der Waals surface area contributed by atoms with E-state index in [1.807, 2.05) is 20.8 Å². The standard InChI is InChI=1S/C18H29N3O5/c1-9-7-18-8-10(9)11(14(23)24)21(18)13(22)12(17(5,6)20-18)19-15(25)26-16(2,3)4/h9-12,20H,7-8H2,1-6H3,(H,19,25)(H,23,24)/t9?,10-,11+,12-,18-/m1/s1. The Balaban J connectivity index is 1.90. The Kier molecular flexibility index (Phi) is 4.07. The van der Waals surface area contributed by atoms with Crippen molar-refractivity contribution in [2.75, 3.05) is 0 Å². The summed E-state index contributed by atoms with van der Waals surface area (Å²) in [6.07, 6.45) is 0.654. The van der Waals surface area contributed by atoms with Crippen LogP contribution in [-0.4, -0.2) is 56.9 Å². The summed E-state index contributed by atoms with van der Waals surface area (Å²) >= 11 is 0. The number of carbonyl (C=O) groups is 3. The van der Waals surface area contributed by atoms with Crippen LogP contribution in [0.3, 0.4) is 0 Å². The molecule has 8 nitrogen and oxygen atoms in total. The fraction of sp³-hybridized carbons (Fsp3) is 0.833. The predicted molar refractivity (Wildman–Crippen MR) is 93.3 cm³/mol. The van der Waals surface area contributed by atoms with Gasteiger partial charge in [0.2, 0.25) is 5.91 Å². The number of rotatable bonds is 2. The van der Waals surface area contributed by atoms with Crippen molar-refractivity contribution in [1.29, 1.82) is 0 Å². The lowest BCUT2D eigenvalue weighted by Crippen LogP contribution is -2.79. The molecule has 3 rings (SSSR count). The number of carbonyl (C=O) groups excluding carboxylic acids is 2. The first-order valence-corrected chi connectivity index (χ1v) is 9.12. The number of carboxylic acid groups (broad SMARTS) is 1. The van der Waals surface area contributed by atoms with Gasteiger partial charge in [-0.15, -0.1) is 0 Å². The van der Waals surface area contributed by atoms with E-state index in [2.05, 4.69) is 10.6 Å². The average Bonchev–Trinajstić information content (AvgIpc) is 2.90. The van der Waals surface area contributed by atoms with Crippen LogP contribution in [-0.2, 0) is 14.3 Å². The fourth-order valence-electron chi connectivity index (χ4n) is 5.03. The minimum absolute atomic E-state index is 0.0833. The van der Waals surface area contributed by atoms with Crippen LogP contribution in [0, 0.1) is 11.8 Å². The fourth-order valence-corrected chi connectivity index (χ4v) is 5.03.